The number of aromatic nitrogens is 6. The molecule has 14 heteroatoms. The topological polar surface area (TPSA) is 181 Å². The van der Waals surface area contributed by atoms with Crippen LogP contribution in [0.1, 0.15) is 5.56 Å². The Bertz CT molecular complexity index is 1380. The van der Waals surface area contributed by atoms with Gasteiger partial charge in [-0.1, -0.05) is 12.1 Å². The van der Waals surface area contributed by atoms with Gasteiger partial charge in [0.1, 0.15) is 4.90 Å². The molecule has 3 N–H and O–H groups in total. The van der Waals surface area contributed by atoms with Crippen molar-refractivity contribution in [2.75, 3.05) is 0 Å². The number of aliphatic hydroxyl groups is 1. The third kappa shape index (κ3) is 3.77. The van der Waals surface area contributed by atoms with Gasteiger partial charge in [-0.25, -0.2) is 0 Å². The zero-order chi connectivity index (χ0) is 22.2. The standard InChI is InChI=1S/C17H13N7O6S/c25-10-11-7-12(24(26)27)5-6-15(11)23-21-17(20-22(23)13-8-18-19-9-13)14-3-1-2-4-16(14)31(28,29)30/h1-9,25H,10H2,(H-,18,19,28,29,30)/p+1. The van der Waals surface area contributed by atoms with Crippen molar-refractivity contribution in [3.05, 3.63) is 70.5 Å². The van der Waals surface area contributed by atoms with E-state index in [2.05, 4.69) is 20.4 Å². The number of benzene rings is 2. The summed E-state index contributed by atoms with van der Waals surface area (Å²) in [4.78, 5) is 12.6. The summed E-state index contributed by atoms with van der Waals surface area (Å²) in [5, 5.41) is 36.0. The molecule has 2 aromatic heterocycles. The number of rotatable bonds is 6. The number of nitro benzene ring substituents is 1. The number of nitrogens with one attached hydrogen (secondary N) is 1. The lowest BCUT2D eigenvalue weighted by molar-refractivity contribution is -0.735. The van der Waals surface area contributed by atoms with Crippen molar-refractivity contribution in [1.29, 1.82) is 0 Å². The lowest BCUT2D eigenvalue weighted by atomic mass is 10.1. The highest BCUT2D eigenvalue weighted by atomic mass is 32.2. The van der Waals surface area contributed by atoms with E-state index < -0.39 is 26.5 Å². The molecule has 0 atom stereocenters. The molecule has 0 amide bonds. The van der Waals surface area contributed by atoms with Crippen molar-refractivity contribution < 1.29 is 27.8 Å². The number of nitrogens with zero attached hydrogens (tertiary/aromatic N) is 6. The summed E-state index contributed by atoms with van der Waals surface area (Å²) in [6.45, 7) is -0.529. The molecule has 0 unspecified atom stereocenters. The summed E-state index contributed by atoms with van der Waals surface area (Å²) in [7, 11) is -4.56. The van der Waals surface area contributed by atoms with E-state index in [0.717, 1.165) is 0 Å². The second-order valence-corrected chi connectivity index (χ2v) is 7.65. The highest BCUT2D eigenvalue weighted by Gasteiger charge is 2.30. The molecule has 13 nitrogen and oxygen atoms in total. The fourth-order valence-electron chi connectivity index (χ4n) is 2.95. The number of aliphatic hydroxyl groups excluding tert-OH is 1. The van der Waals surface area contributed by atoms with Gasteiger partial charge in [-0.05, 0) is 28.1 Å². The van der Waals surface area contributed by atoms with Gasteiger partial charge in [0.25, 0.3) is 15.8 Å². The average Bonchev–Trinajstić information content (AvgIpc) is 3.42. The van der Waals surface area contributed by atoms with Gasteiger partial charge >= 0.3 is 5.82 Å². The van der Waals surface area contributed by atoms with Crippen LogP contribution in [0.15, 0.2) is 59.8 Å². The number of nitro groups is 1. The molecule has 4 aromatic rings. The van der Waals surface area contributed by atoms with Crippen LogP contribution >= 0.6 is 0 Å². The highest BCUT2D eigenvalue weighted by molar-refractivity contribution is 7.86. The van der Waals surface area contributed by atoms with Gasteiger partial charge in [-0.15, -0.1) is 0 Å². The first-order chi connectivity index (χ1) is 14.8. The fraction of sp³-hybridized carbons (Fsp3) is 0.0588. The van der Waals surface area contributed by atoms with E-state index >= 15 is 0 Å². The molecule has 0 radical (unpaired) electrons. The van der Waals surface area contributed by atoms with Crippen LogP contribution in [0.5, 0.6) is 0 Å². The Kier molecular flexibility index (Phi) is 5.02. The Hall–Kier alpha value is -4.01. The predicted octanol–water partition coefficient (Wildman–Crippen LogP) is 0.581. The van der Waals surface area contributed by atoms with Gasteiger partial charge in [0.05, 0.1) is 34.6 Å². The van der Waals surface area contributed by atoms with Gasteiger partial charge in [0.2, 0.25) is 0 Å². The zero-order valence-corrected chi connectivity index (χ0v) is 16.3. The lowest BCUT2D eigenvalue weighted by Crippen LogP contribution is -2.44. The molecular formula is C17H14N7O6S+. The average molecular weight is 444 g/mol. The van der Waals surface area contributed by atoms with E-state index in [-0.39, 0.29) is 28.3 Å². The first kappa shape index (κ1) is 20.3. The fourth-order valence-corrected chi connectivity index (χ4v) is 3.64. The summed E-state index contributed by atoms with van der Waals surface area (Å²) in [5.74, 6) is -0.0586. The first-order valence-electron chi connectivity index (χ1n) is 8.64. The minimum atomic E-state index is -4.56. The normalized spacial score (nSPS) is 11.5. The van der Waals surface area contributed by atoms with Crippen molar-refractivity contribution in [1.82, 2.24) is 25.2 Å². The Morgan fingerprint density at radius 3 is 2.65 bits per heavy atom. The molecule has 0 bridgehead atoms. The molecular weight excluding hydrogens is 430 g/mol. The SMILES string of the molecule is O=[N+]([O-])c1ccc(-[n+]2nc(-c3ccccc3S(=O)(=O)O)nn2-c2cn[nH]c2)c(CO)c1. The molecule has 0 saturated carbocycles. The molecule has 31 heavy (non-hydrogen) atoms. The summed E-state index contributed by atoms with van der Waals surface area (Å²) >= 11 is 0. The lowest BCUT2D eigenvalue weighted by Gasteiger charge is -2.03. The van der Waals surface area contributed by atoms with Crippen LogP contribution in [0, 0.1) is 10.1 Å². The monoisotopic (exact) mass is 444 g/mol. The maximum atomic E-state index is 11.8. The number of tetrazole rings is 1. The van der Waals surface area contributed by atoms with E-state index in [1.807, 2.05) is 0 Å². The summed E-state index contributed by atoms with van der Waals surface area (Å²) in [6.07, 6.45) is 2.92. The Balaban J connectivity index is 1.98. The number of aromatic amines is 1. The van der Waals surface area contributed by atoms with E-state index in [1.54, 1.807) is 6.07 Å². The van der Waals surface area contributed by atoms with Crippen LogP contribution in [0.3, 0.4) is 0 Å². The van der Waals surface area contributed by atoms with Crippen LogP contribution in [0.25, 0.3) is 22.8 Å². The van der Waals surface area contributed by atoms with E-state index in [4.69, 9.17) is 0 Å². The molecule has 0 spiro atoms. The van der Waals surface area contributed by atoms with Gasteiger partial charge in [-0.3, -0.25) is 19.8 Å². The summed E-state index contributed by atoms with van der Waals surface area (Å²) in [5.41, 5.74) is 0.668. The predicted molar refractivity (Wildman–Crippen MR) is 103 cm³/mol. The van der Waals surface area contributed by atoms with Gasteiger partial charge < -0.3 is 5.11 Å². The number of hydrogen-bond acceptors (Lipinski definition) is 8. The van der Waals surface area contributed by atoms with E-state index in [0.29, 0.717) is 5.69 Å². The van der Waals surface area contributed by atoms with Crippen molar-refractivity contribution in [2.45, 2.75) is 11.5 Å². The zero-order valence-electron chi connectivity index (χ0n) is 15.5. The number of H-pyrrole nitrogens is 1. The largest absolute Gasteiger partial charge is 0.392 e. The third-order valence-electron chi connectivity index (χ3n) is 4.34. The van der Waals surface area contributed by atoms with Crippen molar-refractivity contribution in [3.8, 4) is 22.8 Å². The minimum Gasteiger partial charge on any atom is -0.392 e. The second-order valence-electron chi connectivity index (χ2n) is 6.26. The Morgan fingerprint density at radius 2 is 2.00 bits per heavy atom. The number of hydrogen-bond donors (Lipinski definition) is 3. The minimum absolute atomic E-state index is 0.0356. The second kappa shape index (κ2) is 7.67. The van der Waals surface area contributed by atoms with E-state index in [1.165, 1.54) is 58.4 Å². The summed E-state index contributed by atoms with van der Waals surface area (Å²) in [6, 6.07) is 9.44. The molecule has 0 aliphatic carbocycles. The van der Waals surface area contributed by atoms with Crippen LogP contribution < -0.4 is 4.80 Å². The van der Waals surface area contributed by atoms with Gasteiger partial charge in [0, 0.05) is 22.5 Å². The molecule has 0 aliphatic heterocycles. The van der Waals surface area contributed by atoms with Gasteiger partial charge in [-0.2, -0.15) is 13.5 Å². The maximum absolute atomic E-state index is 11.8. The van der Waals surface area contributed by atoms with Gasteiger partial charge in [0.15, 0.2) is 11.4 Å². The van der Waals surface area contributed by atoms with Crippen LogP contribution in [-0.2, 0) is 16.7 Å². The Labute approximate surface area is 174 Å². The molecule has 0 fully saturated rings. The molecule has 2 aromatic carbocycles. The number of non-ortho nitro benzene ring substituents is 1. The van der Waals surface area contributed by atoms with Crippen molar-refractivity contribution >= 4 is 15.8 Å². The molecule has 0 saturated heterocycles. The van der Waals surface area contributed by atoms with Crippen molar-refractivity contribution in [3.63, 3.8) is 0 Å². The third-order valence-corrected chi connectivity index (χ3v) is 5.25. The van der Waals surface area contributed by atoms with Crippen LogP contribution in [0.2, 0.25) is 0 Å². The van der Waals surface area contributed by atoms with Crippen LogP contribution in [0.4, 0.5) is 5.69 Å². The highest BCUT2D eigenvalue weighted by Crippen LogP contribution is 2.25. The molecule has 2 heterocycles. The molecule has 4 rings (SSSR count). The molecule has 0 aliphatic rings. The summed E-state index contributed by atoms with van der Waals surface area (Å²) < 4.78 is 33.2. The molecule has 158 valence electrons. The maximum Gasteiger partial charge on any atom is 0.341 e. The smallest absolute Gasteiger partial charge is 0.341 e. The quantitative estimate of drug-likeness (QED) is 0.166. The first-order valence-corrected chi connectivity index (χ1v) is 10.1. The Morgan fingerprint density at radius 1 is 1.23 bits per heavy atom. The van der Waals surface area contributed by atoms with Crippen LogP contribution in [-0.4, -0.2) is 48.2 Å². The van der Waals surface area contributed by atoms with E-state index in [9.17, 15) is 28.2 Å². The van der Waals surface area contributed by atoms with Crippen molar-refractivity contribution in [2.24, 2.45) is 0 Å².